The molecule has 5 nitrogen and oxygen atoms in total. The van der Waals surface area contributed by atoms with E-state index >= 15 is 0 Å². The summed E-state index contributed by atoms with van der Waals surface area (Å²) < 4.78 is 0. The van der Waals surface area contributed by atoms with Gasteiger partial charge in [0.2, 0.25) is 0 Å². The molecule has 98 valence electrons. The van der Waals surface area contributed by atoms with Crippen LogP contribution in [0.3, 0.4) is 0 Å². The van der Waals surface area contributed by atoms with Crippen LogP contribution in [0.2, 0.25) is 0 Å². The summed E-state index contributed by atoms with van der Waals surface area (Å²) >= 11 is 0. The molecule has 0 radical (unpaired) electrons. The van der Waals surface area contributed by atoms with Crippen molar-refractivity contribution in [2.24, 2.45) is 0 Å². The lowest BCUT2D eigenvalue weighted by atomic mass is 10.1. The number of aliphatic hydroxyl groups excluding tert-OH is 1. The maximum absolute atomic E-state index is 11.7. The Morgan fingerprint density at radius 3 is 2.50 bits per heavy atom. The second-order valence-corrected chi connectivity index (χ2v) is 4.20. The van der Waals surface area contributed by atoms with Crippen molar-refractivity contribution in [2.45, 2.75) is 26.4 Å². The molecule has 0 aliphatic rings. The van der Waals surface area contributed by atoms with Crippen molar-refractivity contribution >= 4 is 11.9 Å². The third kappa shape index (κ3) is 3.85. The Morgan fingerprint density at radius 2 is 1.94 bits per heavy atom. The van der Waals surface area contributed by atoms with E-state index in [1.165, 1.54) is 0 Å². The van der Waals surface area contributed by atoms with Crippen LogP contribution in [0, 0.1) is 13.8 Å². The van der Waals surface area contributed by atoms with Crippen LogP contribution in [-0.4, -0.2) is 34.7 Å². The summed E-state index contributed by atoms with van der Waals surface area (Å²) in [6.07, 6.45) is -1.45. The van der Waals surface area contributed by atoms with Crippen molar-refractivity contribution in [1.29, 1.82) is 0 Å². The van der Waals surface area contributed by atoms with Crippen LogP contribution < -0.4 is 5.32 Å². The molecule has 1 amide bonds. The Labute approximate surface area is 105 Å². The van der Waals surface area contributed by atoms with Gasteiger partial charge in [-0.2, -0.15) is 0 Å². The van der Waals surface area contributed by atoms with Crippen molar-refractivity contribution in [3.63, 3.8) is 0 Å². The number of carboxylic acid groups (broad SMARTS) is 1. The molecule has 0 aliphatic heterocycles. The summed E-state index contributed by atoms with van der Waals surface area (Å²) in [4.78, 5) is 22.1. The molecule has 18 heavy (non-hydrogen) atoms. The number of carbonyl (C=O) groups is 2. The van der Waals surface area contributed by atoms with Gasteiger partial charge in [-0.15, -0.1) is 0 Å². The summed E-state index contributed by atoms with van der Waals surface area (Å²) in [6.45, 7) is 4.00. The van der Waals surface area contributed by atoms with E-state index in [0.717, 1.165) is 11.1 Å². The molecule has 1 aromatic carbocycles. The zero-order valence-electron chi connectivity index (χ0n) is 10.4. The fraction of sp³-hybridized carbons (Fsp3) is 0.385. The topological polar surface area (TPSA) is 86.6 Å². The van der Waals surface area contributed by atoms with Gasteiger partial charge in [-0.05, 0) is 37.1 Å². The van der Waals surface area contributed by atoms with E-state index in [-0.39, 0.29) is 18.9 Å². The third-order valence-electron chi connectivity index (χ3n) is 2.76. The maximum Gasteiger partial charge on any atom is 0.332 e. The lowest BCUT2D eigenvalue weighted by Gasteiger charge is -2.08. The first-order chi connectivity index (χ1) is 8.41. The summed E-state index contributed by atoms with van der Waals surface area (Å²) in [5.74, 6) is -1.55. The van der Waals surface area contributed by atoms with Crippen LogP contribution in [0.15, 0.2) is 18.2 Å². The lowest BCUT2D eigenvalue weighted by Crippen LogP contribution is -2.30. The van der Waals surface area contributed by atoms with Crippen LogP contribution in [-0.2, 0) is 4.79 Å². The van der Waals surface area contributed by atoms with Gasteiger partial charge in [0.15, 0.2) is 6.10 Å². The largest absolute Gasteiger partial charge is 0.479 e. The quantitative estimate of drug-likeness (QED) is 0.724. The van der Waals surface area contributed by atoms with E-state index in [1.54, 1.807) is 12.1 Å². The average Bonchev–Trinajstić information content (AvgIpc) is 2.32. The molecule has 5 heteroatoms. The van der Waals surface area contributed by atoms with E-state index < -0.39 is 12.1 Å². The Morgan fingerprint density at radius 1 is 1.28 bits per heavy atom. The van der Waals surface area contributed by atoms with Crippen molar-refractivity contribution in [3.05, 3.63) is 34.9 Å². The minimum atomic E-state index is -1.44. The molecular weight excluding hydrogens is 234 g/mol. The number of aryl methyl sites for hydroxylation is 2. The molecule has 1 aromatic rings. The number of aliphatic carboxylic acids is 1. The number of rotatable bonds is 5. The second-order valence-electron chi connectivity index (χ2n) is 4.20. The lowest BCUT2D eigenvalue weighted by molar-refractivity contribution is -0.146. The van der Waals surface area contributed by atoms with E-state index in [0.29, 0.717) is 5.56 Å². The zero-order chi connectivity index (χ0) is 13.7. The highest BCUT2D eigenvalue weighted by Gasteiger charge is 2.13. The monoisotopic (exact) mass is 251 g/mol. The maximum atomic E-state index is 11.7. The van der Waals surface area contributed by atoms with Crippen molar-refractivity contribution in [2.75, 3.05) is 6.54 Å². The molecule has 1 rings (SSSR count). The third-order valence-corrected chi connectivity index (χ3v) is 2.76. The molecule has 3 N–H and O–H groups in total. The Kier molecular flexibility index (Phi) is 4.85. The van der Waals surface area contributed by atoms with Gasteiger partial charge in [-0.1, -0.05) is 6.07 Å². The Hall–Kier alpha value is -1.88. The fourth-order valence-corrected chi connectivity index (χ4v) is 1.43. The SMILES string of the molecule is Cc1ccc(C(=O)NCCC(O)C(=O)O)cc1C. The van der Waals surface area contributed by atoms with Gasteiger partial charge >= 0.3 is 5.97 Å². The molecule has 0 heterocycles. The minimum Gasteiger partial charge on any atom is -0.479 e. The Balaban J connectivity index is 2.50. The van der Waals surface area contributed by atoms with Crippen LogP contribution in [0.5, 0.6) is 0 Å². The first kappa shape index (κ1) is 14.2. The molecule has 0 saturated carbocycles. The number of amides is 1. The number of carbonyl (C=O) groups excluding carboxylic acids is 1. The van der Waals surface area contributed by atoms with E-state index in [1.807, 2.05) is 19.9 Å². The molecule has 0 aliphatic carbocycles. The van der Waals surface area contributed by atoms with Crippen molar-refractivity contribution in [3.8, 4) is 0 Å². The second kappa shape index (κ2) is 6.16. The van der Waals surface area contributed by atoms with Gasteiger partial charge in [0, 0.05) is 18.5 Å². The molecule has 0 bridgehead atoms. The standard InChI is InChI=1S/C13H17NO4/c1-8-3-4-10(7-9(8)2)12(16)14-6-5-11(15)13(17)18/h3-4,7,11,15H,5-6H2,1-2H3,(H,14,16)(H,17,18). The van der Waals surface area contributed by atoms with Crippen LogP contribution in [0.25, 0.3) is 0 Å². The van der Waals surface area contributed by atoms with E-state index in [4.69, 9.17) is 10.2 Å². The molecule has 0 aromatic heterocycles. The molecule has 0 spiro atoms. The number of benzene rings is 1. The van der Waals surface area contributed by atoms with Gasteiger partial charge in [0.25, 0.3) is 5.91 Å². The van der Waals surface area contributed by atoms with E-state index in [9.17, 15) is 9.59 Å². The van der Waals surface area contributed by atoms with Crippen LogP contribution in [0.1, 0.15) is 27.9 Å². The molecule has 1 unspecified atom stereocenters. The highest BCUT2D eigenvalue weighted by molar-refractivity contribution is 5.94. The first-order valence-corrected chi connectivity index (χ1v) is 5.68. The average molecular weight is 251 g/mol. The molecular formula is C13H17NO4. The summed E-state index contributed by atoms with van der Waals surface area (Å²) in [6, 6.07) is 5.35. The smallest absolute Gasteiger partial charge is 0.332 e. The number of aliphatic hydroxyl groups is 1. The highest BCUT2D eigenvalue weighted by Crippen LogP contribution is 2.09. The predicted octanol–water partition coefficient (Wildman–Crippen LogP) is 0.869. The Bertz CT molecular complexity index is 456. The zero-order valence-corrected chi connectivity index (χ0v) is 10.4. The number of nitrogens with one attached hydrogen (secondary N) is 1. The summed E-state index contributed by atoms with van der Waals surface area (Å²) in [7, 11) is 0. The molecule has 0 fully saturated rings. The van der Waals surface area contributed by atoms with Gasteiger partial charge in [0.1, 0.15) is 0 Å². The minimum absolute atomic E-state index is 0.00802. The van der Waals surface area contributed by atoms with Crippen molar-refractivity contribution < 1.29 is 19.8 Å². The first-order valence-electron chi connectivity index (χ1n) is 5.68. The predicted molar refractivity (Wildman–Crippen MR) is 66.5 cm³/mol. The van der Waals surface area contributed by atoms with Crippen molar-refractivity contribution in [1.82, 2.24) is 5.32 Å². The normalized spacial score (nSPS) is 11.9. The van der Waals surface area contributed by atoms with E-state index in [2.05, 4.69) is 5.32 Å². The van der Waals surface area contributed by atoms with Gasteiger partial charge < -0.3 is 15.5 Å². The number of carboxylic acids is 1. The molecule has 0 saturated heterocycles. The highest BCUT2D eigenvalue weighted by atomic mass is 16.4. The fourth-order valence-electron chi connectivity index (χ4n) is 1.43. The number of hydrogen-bond acceptors (Lipinski definition) is 3. The van der Waals surface area contributed by atoms with Crippen LogP contribution in [0.4, 0.5) is 0 Å². The molecule has 1 atom stereocenters. The number of hydrogen-bond donors (Lipinski definition) is 3. The summed E-state index contributed by atoms with van der Waals surface area (Å²) in [5, 5.41) is 20.1. The summed E-state index contributed by atoms with van der Waals surface area (Å²) in [5.41, 5.74) is 2.66. The van der Waals surface area contributed by atoms with Gasteiger partial charge in [-0.25, -0.2) is 4.79 Å². The van der Waals surface area contributed by atoms with Gasteiger partial charge in [-0.3, -0.25) is 4.79 Å². The van der Waals surface area contributed by atoms with Crippen LogP contribution >= 0.6 is 0 Å². The van der Waals surface area contributed by atoms with Gasteiger partial charge in [0.05, 0.1) is 0 Å².